The summed E-state index contributed by atoms with van der Waals surface area (Å²) in [6, 6.07) is 0.280. The standard InChI is InChI=1S/C16H29NO3/c1-12(14(18)20-5)11-17(15(19)16(2,3)4)13-9-7-6-8-10-13/h12-13H,6-11H2,1-5H3. The summed E-state index contributed by atoms with van der Waals surface area (Å²) in [7, 11) is 1.40. The number of methoxy groups -OCH3 is 1. The van der Waals surface area contributed by atoms with Crippen LogP contribution in [0, 0.1) is 11.3 Å². The first kappa shape index (κ1) is 17.0. The SMILES string of the molecule is COC(=O)C(C)CN(C(=O)C(C)(C)C)C1CCCCC1. The number of carbonyl (C=O) groups excluding carboxylic acids is 2. The quantitative estimate of drug-likeness (QED) is 0.745. The van der Waals surface area contributed by atoms with E-state index in [-0.39, 0.29) is 23.8 Å². The molecule has 0 aromatic carbocycles. The molecular formula is C16H29NO3. The first-order valence-electron chi connectivity index (χ1n) is 7.66. The fourth-order valence-electron chi connectivity index (χ4n) is 2.79. The lowest BCUT2D eigenvalue weighted by atomic mass is 9.89. The highest BCUT2D eigenvalue weighted by atomic mass is 16.5. The number of ether oxygens (including phenoxy) is 1. The normalized spacial score (nSPS) is 18.4. The summed E-state index contributed by atoms with van der Waals surface area (Å²) in [4.78, 5) is 26.3. The molecule has 0 aliphatic heterocycles. The highest BCUT2D eigenvalue weighted by Crippen LogP contribution is 2.28. The molecular weight excluding hydrogens is 254 g/mol. The van der Waals surface area contributed by atoms with E-state index >= 15 is 0 Å². The Balaban J connectivity index is 2.83. The summed E-state index contributed by atoms with van der Waals surface area (Å²) in [5.41, 5.74) is -0.409. The topological polar surface area (TPSA) is 46.6 Å². The van der Waals surface area contributed by atoms with Gasteiger partial charge in [-0.3, -0.25) is 9.59 Å². The van der Waals surface area contributed by atoms with E-state index in [1.54, 1.807) is 0 Å². The van der Waals surface area contributed by atoms with E-state index in [9.17, 15) is 9.59 Å². The van der Waals surface area contributed by atoms with Crippen LogP contribution in [-0.2, 0) is 14.3 Å². The van der Waals surface area contributed by atoms with E-state index in [4.69, 9.17) is 4.74 Å². The van der Waals surface area contributed by atoms with Crippen LogP contribution in [-0.4, -0.2) is 36.5 Å². The van der Waals surface area contributed by atoms with E-state index in [1.165, 1.54) is 26.4 Å². The molecule has 0 heterocycles. The van der Waals surface area contributed by atoms with Crippen molar-refractivity contribution in [2.24, 2.45) is 11.3 Å². The number of hydrogen-bond donors (Lipinski definition) is 0. The maximum absolute atomic E-state index is 12.7. The van der Waals surface area contributed by atoms with Crippen LogP contribution < -0.4 is 0 Å². The first-order chi connectivity index (χ1) is 9.27. The van der Waals surface area contributed by atoms with Crippen molar-refractivity contribution in [1.29, 1.82) is 0 Å². The van der Waals surface area contributed by atoms with Crippen LogP contribution >= 0.6 is 0 Å². The first-order valence-corrected chi connectivity index (χ1v) is 7.66. The van der Waals surface area contributed by atoms with Crippen LogP contribution in [0.25, 0.3) is 0 Å². The Labute approximate surface area is 122 Å². The van der Waals surface area contributed by atoms with Gasteiger partial charge in [0.1, 0.15) is 0 Å². The van der Waals surface area contributed by atoms with Crippen LogP contribution in [0.2, 0.25) is 0 Å². The zero-order chi connectivity index (χ0) is 15.3. The van der Waals surface area contributed by atoms with Gasteiger partial charge in [0.05, 0.1) is 13.0 Å². The third-order valence-corrected chi connectivity index (χ3v) is 3.99. The van der Waals surface area contributed by atoms with E-state index in [0.717, 1.165) is 12.8 Å². The van der Waals surface area contributed by atoms with Crippen molar-refractivity contribution in [1.82, 2.24) is 4.90 Å². The summed E-state index contributed by atoms with van der Waals surface area (Å²) in [5.74, 6) is -0.374. The van der Waals surface area contributed by atoms with Gasteiger partial charge in [-0.05, 0) is 12.8 Å². The third-order valence-electron chi connectivity index (χ3n) is 3.99. The molecule has 116 valence electrons. The van der Waals surface area contributed by atoms with Gasteiger partial charge < -0.3 is 9.64 Å². The molecule has 0 radical (unpaired) electrons. The van der Waals surface area contributed by atoms with Crippen LogP contribution in [0.3, 0.4) is 0 Å². The smallest absolute Gasteiger partial charge is 0.310 e. The van der Waals surface area contributed by atoms with Crippen LogP contribution in [0.5, 0.6) is 0 Å². The molecule has 4 nitrogen and oxygen atoms in total. The molecule has 20 heavy (non-hydrogen) atoms. The second-order valence-electron chi connectivity index (χ2n) is 6.92. The zero-order valence-electron chi connectivity index (χ0n) is 13.6. The van der Waals surface area contributed by atoms with Crippen molar-refractivity contribution in [3.8, 4) is 0 Å². The Bertz CT molecular complexity index is 340. The van der Waals surface area contributed by atoms with Crippen molar-refractivity contribution >= 4 is 11.9 Å². The van der Waals surface area contributed by atoms with Crippen LogP contribution in [0.15, 0.2) is 0 Å². The second-order valence-corrected chi connectivity index (χ2v) is 6.92. The number of nitrogens with zero attached hydrogens (tertiary/aromatic N) is 1. The largest absolute Gasteiger partial charge is 0.469 e. The molecule has 1 aliphatic rings. The Morgan fingerprint density at radius 3 is 2.20 bits per heavy atom. The number of rotatable bonds is 4. The highest BCUT2D eigenvalue weighted by molar-refractivity contribution is 5.82. The van der Waals surface area contributed by atoms with Gasteiger partial charge in [0.2, 0.25) is 5.91 Å². The summed E-state index contributed by atoms with van der Waals surface area (Å²) >= 11 is 0. The molecule has 1 saturated carbocycles. The van der Waals surface area contributed by atoms with Crippen molar-refractivity contribution < 1.29 is 14.3 Å². The molecule has 1 atom stereocenters. The lowest BCUT2D eigenvalue weighted by Crippen LogP contribution is -2.49. The average molecular weight is 283 g/mol. The monoisotopic (exact) mass is 283 g/mol. The van der Waals surface area contributed by atoms with E-state index in [2.05, 4.69) is 0 Å². The fraction of sp³-hybridized carbons (Fsp3) is 0.875. The van der Waals surface area contributed by atoms with E-state index in [0.29, 0.717) is 6.54 Å². The fourth-order valence-corrected chi connectivity index (χ4v) is 2.79. The summed E-state index contributed by atoms with van der Waals surface area (Å²) in [6.07, 6.45) is 5.70. The van der Waals surface area contributed by atoms with Gasteiger partial charge >= 0.3 is 5.97 Å². The molecule has 0 spiro atoms. The minimum absolute atomic E-state index is 0.139. The molecule has 0 saturated heterocycles. The third kappa shape index (κ3) is 4.50. The molecule has 4 heteroatoms. The molecule has 0 bridgehead atoms. The number of amides is 1. The molecule has 1 fully saturated rings. The van der Waals surface area contributed by atoms with Gasteiger partial charge in [0.25, 0.3) is 0 Å². The molecule has 0 aromatic heterocycles. The zero-order valence-corrected chi connectivity index (χ0v) is 13.6. The van der Waals surface area contributed by atoms with Crippen LogP contribution in [0.1, 0.15) is 59.8 Å². The van der Waals surface area contributed by atoms with Gasteiger partial charge in [0, 0.05) is 18.0 Å². The van der Waals surface area contributed by atoms with Crippen molar-refractivity contribution in [3.05, 3.63) is 0 Å². The minimum Gasteiger partial charge on any atom is -0.469 e. The second kappa shape index (κ2) is 7.09. The molecule has 1 amide bonds. The summed E-state index contributed by atoms with van der Waals surface area (Å²) in [6.45, 7) is 8.11. The van der Waals surface area contributed by atoms with Gasteiger partial charge in [-0.25, -0.2) is 0 Å². The Morgan fingerprint density at radius 1 is 1.20 bits per heavy atom. The minimum atomic E-state index is -0.409. The number of carbonyl (C=O) groups is 2. The number of hydrogen-bond acceptors (Lipinski definition) is 3. The lowest BCUT2D eigenvalue weighted by molar-refractivity contribution is -0.149. The van der Waals surface area contributed by atoms with E-state index in [1.807, 2.05) is 32.6 Å². The summed E-state index contributed by atoms with van der Waals surface area (Å²) in [5, 5.41) is 0. The van der Waals surface area contributed by atoms with Crippen LogP contribution in [0.4, 0.5) is 0 Å². The lowest BCUT2D eigenvalue weighted by Gasteiger charge is -2.39. The predicted molar refractivity (Wildman–Crippen MR) is 79.2 cm³/mol. The maximum Gasteiger partial charge on any atom is 0.310 e. The van der Waals surface area contributed by atoms with Gasteiger partial charge in [0.15, 0.2) is 0 Å². The summed E-state index contributed by atoms with van der Waals surface area (Å²) < 4.78 is 4.79. The molecule has 1 unspecified atom stereocenters. The molecule has 1 rings (SSSR count). The molecule has 0 aromatic rings. The van der Waals surface area contributed by atoms with Crippen molar-refractivity contribution in [2.75, 3.05) is 13.7 Å². The van der Waals surface area contributed by atoms with Gasteiger partial charge in [-0.2, -0.15) is 0 Å². The van der Waals surface area contributed by atoms with Crippen molar-refractivity contribution in [3.63, 3.8) is 0 Å². The molecule has 1 aliphatic carbocycles. The Hall–Kier alpha value is -1.06. The number of esters is 1. The van der Waals surface area contributed by atoms with Gasteiger partial charge in [-0.15, -0.1) is 0 Å². The molecule has 0 N–H and O–H groups in total. The van der Waals surface area contributed by atoms with Crippen molar-refractivity contribution in [2.45, 2.75) is 65.8 Å². The average Bonchev–Trinajstić information content (AvgIpc) is 2.42. The maximum atomic E-state index is 12.7. The Kier molecular flexibility index (Phi) is 6.03. The van der Waals surface area contributed by atoms with E-state index < -0.39 is 5.41 Å². The predicted octanol–water partition coefficient (Wildman–Crippen LogP) is 3.00. The highest BCUT2D eigenvalue weighted by Gasteiger charge is 2.34. The van der Waals surface area contributed by atoms with Gasteiger partial charge in [-0.1, -0.05) is 47.0 Å². The Morgan fingerprint density at radius 2 is 1.75 bits per heavy atom.